The minimum absolute atomic E-state index is 0. The standard InChI is InChI=1S/C21H28N4O4.HI/c1-15(26)25-17-6-5-7-19(12-17)29-11-10-23-21(22-2)24-14-16-8-9-18(27-3)13-20(16)28-4;/h5-9,12-13H,10-11,14H2,1-4H3,(H,25,26)(H2,22,23,24);1H. The average molecular weight is 528 g/mol. The molecule has 0 saturated heterocycles. The van der Waals surface area contributed by atoms with Crippen molar-refractivity contribution in [1.29, 1.82) is 0 Å². The van der Waals surface area contributed by atoms with Gasteiger partial charge in [-0.05, 0) is 24.3 Å². The molecule has 0 aliphatic carbocycles. The summed E-state index contributed by atoms with van der Waals surface area (Å²) in [6.07, 6.45) is 0. The highest BCUT2D eigenvalue weighted by Gasteiger charge is 2.06. The van der Waals surface area contributed by atoms with Crippen molar-refractivity contribution in [3.8, 4) is 17.2 Å². The predicted molar refractivity (Wildman–Crippen MR) is 129 cm³/mol. The number of nitrogens with zero attached hydrogens (tertiary/aromatic N) is 1. The monoisotopic (exact) mass is 528 g/mol. The molecule has 0 aromatic heterocycles. The molecule has 0 spiro atoms. The number of anilines is 1. The number of halogens is 1. The van der Waals surface area contributed by atoms with Crippen LogP contribution in [0.2, 0.25) is 0 Å². The molecule has 2 rings (SSSR count). The Hall–Kier alpha value is -2.69. The largest absolute Gasteiger partial charge is 0.497 e. The van der Waals surface area contributed by atoms with Crippen LogP contribution in [0.3, 0.4) is 0 Å². The van der Waals surface area contributed by atoms with Gasteiger partial charge in [-0.15, -0.1) is 24.0 Å². The number of ether oxygens (including phenoxy) is 3. The molecule has 164 valence electrons. The van der Waals surface area contributed by atoms with E-state index < -0.39 is 0 Å². The van der Waals surface area contributed by atoms with E-state index in [0.29, 0.717) is 37.1 Å². The molecule has 9 heteroatoms. The van der Waals surface area contributed by atoms with E-state index in [-0.39, 0.29) is 29.9 Å². The summed E-state index contributed by atoms with van der Waals surface area (Å²) in [6.45, 7) is 3.02. The summed E-state index contributed by atoms with van der Waals surface area (Å²) in [5.41, 5.74) is 1.69. The summed E-state index contributed by atoms with van der Waals surface area (Å²) < 4.78 is 16.3. The molecule has 2 aromatic rings. The normalized spacial score (nSPS) is 10.5. The molecule has 3 N–H and O–H groups in total. The lowest BCUT2D eigenvalue weighted by Crippen LogP contribution is -2.38. The van der Waals surface area contributed by atoms with Crippen molar-refractivity contribution in [1.82, 2.24) is 10.6 Å². The van der Waals surface area contributed by atoms with Gasteiger partial charge in [0.25, 0.3) is 0 Å². The van der Waals surface area contributed by atoms with E-state index in [1.807, 2.05) is 36.4 Å². The van der Waals surface area contributed by atoms with Gasteiger partial charge in [-0.25, -0.2) is 0 Å². The second-order valence-electron chi connectivity index (χ2n) is 6.09. The molecule has 0 aliphatic rings. The van der Waals surface area contributed by atoms with Gasteiger partial charge in [0.05, 0.1) is 20.8 Å². The SMILES string of the molecule is CN=C(NCCOc1cccc(NC(C)=O)c1)NCc1ccc(OC)cc1OC.I. The molecule has 0 aliphatic heterocycles. The molecule has 8 nitrogen and oxygen atoms in total. The van der Waals surface area contributed by atoms with Gasteiger partial charge >= 0.3 is 0 Å². The molecule has 0 heterocycles. The Labute approximate surface area is 194 Å². The van der Waals surface area contributed by atoms with Crippen LogP contribution in [0.25, 0.3) is 0 Å². The first-order valence-corrected chi connectivity index (χ1v) is 9.21. The number of rotatable bonds is 9. The molecule has 30 heavy (non-hydrogen) atoms. The maximum Gasteiger partial charge on any atom is 0.221 e. The number of guanidine groups is 1. The van der Waals surface area contributed by atoms with E-state index in [4.69, 9.17) is 14.2 Å². The van der Waals surface area contributed by atoms with Crippen molar-refractivity contribution in [2.45, 2.75) is 13.5 Å². The Kier molecular flexibility index (Phi) is 11.4. The first kappa shape index (κ1) is 25.3. The molecular weight excluding hydrogens is 499 g/mol. The van der Waals surface area contributed by atoms with Gasteiger partial charge in [-0.1, -0.05) is 6.07 Å². The molecule has 0 atom stereocenters. The summed E-state index contributed by atoms with van der Waals surface area (Å²) in [7, 11) is 4.96. The van der Waals surface area contributed by atoms with Gasteiger partial charge in [0.2, 0.25) is 5.91 Å². The molecule has 1 amide bonds. The Bertz CT molecular complexity index is 846. The highest BCUT2D eigenvalue weighted by molar-refractivity contribution is 14.0. The lowest BCUT2D eigenvalue weighted by Gasteiger charge is -2.15. The van der Waals surface area contributed by atoms with E-state index >= 15 is 0 Å². The first-order valence-electron chi connectivity index (χ1n) is 9.21. The number of carbonyl (C=O) groups excluding carboxylic acids is 1. The van der Waals surface area contributed by atoms with E-state index in [2.05, 4.69) is 20.9 Å². The van der Waals surface area contributed by atoms with Crippen LogP contribution >= 0.6 is 24.0 Å². The molecule has 0 unspecified atom stereocenters. The summed E-state index contributed by atoms with van der Waals surface area (Å²) in [5.74, 6) is 2.71. The number of hydrogen-bond acceptors (Lipinski definition) is 5. The van der Waals surface area contributed by atoms with Crippen LogP contribution in [0.5, 0.6) is 17.2 Å². The molecule has 0 fully saturated rings. The predicted octanol–water partition coefficient (Wildman–Crippen LogP) is 3.02. The number of benzene rings is 2. The Balaban J connectivity index is 0.00000450. The van der Waals surface area contributed by atoms with Gasteiger partial charge in [0.15, 0.2) is 5.96 Å². The lowest BCUT2D eigenvalue weighted by molar-refractivity contribution is -0.114. The van der Waals surface area contributed by atoms with Gasteiger partial charge in [-0.2, -0.15) is 0 Å². The number of carbonyl (C=O) groups is 1. The molecular formula is C21H29IN4O4. The zero-order valence-electron chi connectivity index (χ0n) is 17.7. The minimum atomic E-state index is -0.118. The zero-order chi connectivity index (χ0) is 21.1. The third-order valence-electron chi connectivity index (χ3n) is 3.98. The maximum atomic E-state index is 11.1. The van der Waals surface area contributed by atoms with E-state index in [1.54, 1.807) is 27.3 Å². The molecule has 0 radical (unpaired) electrons. The van der Waals surface area contributed by atoms with E-state index in [1.165, 1.54) is 6.92 Å². The van der Waals surface area contributed by atoms with Gasteiger partial charge in [0.1, 0.15) is 23.9 Å². The quantitative estimate of drug-likeness (QED) is 0.201. The second-order valence-corrected chi connectivity index (χ2v) is 6.09. The topological polar surface area (TPSA) is 93.2 Å². The number of nitrogens with one attached hydrogen (secondary N) is 3. The fourth-order valence-electron chi connectivity index (χ4n) is 2.60. The van der Waals surface area contributed by atoms with Crippen molar-refractivity contribution in [3.05, 3.63) is 48.0 Å². The summed E-state index contributed by atoms with van der Waals surface area (Å²) in [4.78, 5) is 15.3. The smallest absolute Gasteiger partial charge is 0.221 e. The number of amides is 1. The van der Waals surface area contributed by atoms with Gasteiger partial charge in [-0.3, -0.25) is 9.79 Å². The highest BCUT2D eigenvalue weighted by Crippen LogP contribution is 2.24. The Morgan fingerprint density at radius 1 is 1.03 bits per heavy atom. The number of hydrogen-bond donors (Lipinski definition) is 3. The fraction of sp³-hybridized carbons (Fsp3) is 0.333. The molecule has 2 aromatic carbocycles. The van der Waals surface area contributed by atoms with Crippen LogP contribution in [0.1, 0.15) is 12.5 Å². The second kappa shape index (κ2) is 13.5. The van der Waals surface area contributed by atoms with Crippen LogP contribution < -0.4 is 30.2 Å². The van der Waals surface area contributed by atoms with Crippen molar-refractivity contribution in [2.75, 3.05) is 39.7 Å². The number of aliphatic imine (C=N–C) groups is 1. The van der Waals surface area contributed by atoms with Gasteiger partial charge in [0, 0.05) is 43.9 Å². The zero-order valence-corrected chi connectivity index (χ0v) is 20.0. The van der Waals surface area contributed by atoms with Crippen molar-refractivity contribution in [3.63, 3.8) is 0 Å². The fourth-order valence-corrected chi connectivity index (χ4v) is 2.60. The minimum Gasteiger partial charge on any atom is -0.497 e. The van der Waals surface area contributed by atoms with Crippen LogP contribution in [0, 0.1) is 0 Å². The van der Waals surface area contributed by atoms with Crippen molar-refractivity contribution >= 4 is 41.5 Å². The van der Waals surface area contributed by atoms with Crippen LogP contribution in [0.4, 0.5) is 5.69 Å². The summed E-state index contributed by atoms with van der Waals surface area (Å²) in [6, 6.07) is 12.9. The van der Waals surface area contributed by atoms with Crippen LogP contribution in [-0.4, -0.2) is 46.3 Å². The Morgan fingerprint density at radius 2 is 1.83 bits per heavy atom. The highest BCUT2D eigenvalue weighted by atomic mass is 127. The van der Waals surface area contributed by atoms with Crippen LogP contribution in [-0.2, 0) is 11.3 Å². The number of methoxy groups -OCH3 is 2. The molecule has 0 bridgehead atoms. The molecule has 0 saturated carbocycles. The van der Waals surface area contributed by atoms with Crippen molar-refractivity contribution < 1.29 is 19.0 Å². The van der Waals surface area contributed by atoms with E-state index in [0.717, 1.165) is 17.1 Å². The third-order valence-corrected chi connectivity index (χ3v) is 3.98. The first-order chi connectivity index (χ1) is 14.0. The lowest BCUT2D eigenvalue weighted by atomic mass is 10.2. The van der Waals surface area contributed by atoms with E-state index in [9.17, 15) is 4.79 Å². The Morgan fingerprint density at radius 3 is 2.50 bits per heavy atom. The van der Waals surface area contributed by atoms with Crippen LogP contribution in [0.15, 0.2) is 47.5 Å². The average Bonchev–Trinajstić information content (AvgIpc) is 2.73. The maximum absolute atomic E-state index is 11.1. The summed E-state index contributed by atoms with van der Waals surface area (Å²) in [5, 5.41) is 9.17. The van der Waals surface area contributed by atoms with Gasteiger partial charge < -0.3 is 30.2 Å². The van der Waals surface area contributed by atoms with Crippen molar-refractivity contribution in [2.24, 2.45) is 4.99 Å². The summed E-state index contributed by atoms with van der Waals surface area (Å²) >= 11 is 0. The third kappa shape index (κ3) is 8.36.